The average molecular weight is 534 g/mol. The van der Waals surface area contributed by atoms with Crippen LogP contribution in [0.3, 0.4) is 0 Å². The van der Waals surface area contributed by atoms with Crippen molar-refractivity contribution in [3.05, 3.63) is 47.3 Å². The highest BCUT2D eigenvalue weighted by atomic mass is 28.4. The highest BCUT2D eigenvalue weighted by molar-refractivity contribution is 6.74. The highest BCUT2D eigenvalue weighted by Gasteiger charge is 2.42. The van der Waals surface area contributed by atoms with E-state index in [0.29, 0.717) is 31.3 Å². The lowest BCUT2D eigenvalue weighted by atomic mass is 9.83. The second-order valence-corrected chi connectivity index (χ2v) is 16.6. The summed E-state index contributed by atoms with van der Waals surface area (Å²) in [7, 11) is -0.264. The number of aromatic nitrogens is 4. The summed E-state index contributed by atoms with van der Waals surface area (Å²) in [6.07, 6.45) is 1.73. The summed E-state index contributed by atoms with van der Waals surface area (Å²) >= 11 is 0. The Morgan fingerprint density at radius 2 is 2.03 bits per heavy atom. The molecule has 0 amide bonds. The van der Waals surface area contributed by atoms with Crippen LogP contribution in [0.2, 0.25) is 18.1 Å². The number of anilines is 3. The number of nitrogens with one attached hydrogen (secondary N) is 2. The van der Waals surface area contributed by atoms with Gasteiger partial charge in [-0.25, -0.2) is 14.6 Å². The summed E-state index contributed by atoms with van der Waals surface area (Å²) in [6.45, 7) is 17.9. The minimum absolute atomic E-state index is 0.125. The van der Waals surface area contributed by atoms with Gasteiger partial charge in [-0.05, 0) is 48.8 Å². The van der Waals surface area contributed by atoms with Crippen molar-refractivity contribution in [1.29, 1.82) is 5.26 Å². The SMILES string of the molecule is COCCn1nc(C)cc1Nc1nccc(-c2cc(C#N)c3c(c2)[C@@](C)(CO[Si](C)(C)C(C)(C)C)CN3)n1. The maximum atomic E-state index is 9.98. The number of methoxy groups -OCH3 is 1. The molecule has 1 aromatic carbocycles. The Morgan fingerprint density at radius 1 is 1.26 bits per heavy atom. The van der Waals surface area contributed by atoms with Crippen LogP contribution in [0.1, 0.15) is 44.5 Å². The van der Waals surface area contributed by atoms with Crippen LogP contribution in [0.15, 0.2) is 30.5 Å². The van der Waals surface area contributed by atoms with Gasteiger partial charge in [0.15, 0.2) is 8.32 Å². The van der Waals surface area contributed by atoms with Crippen molar-refractivity contribution < 1.29 is 9.16 Å². The number of ether oxygens (including phenoxy) is 1. The van der Waals surface area contributed by atoms with Crippen molar-refractivity contribution in [3.63, 3.8) is 0 Å². The third-order valence-corrected chi connectivity index (χ3v) is 12.2. The Balaban J connectivity index is 1.65. The standard InChI is InChI=1S/C28H39N7O2Si/c1-19-13-24(35(34-19)11-12-36-6)33-26-30-10-9-23(32-26)20-14-21(16-29)25-22(15-20)28(5,17-31-25)18-37-38(7,8)27(2,3)4/h9-10,13-15,31H,11-12,17-18H2,1-8H3,(H,30,32,33)/t28-/m1/s1. The van der Waals surface area contributed by atoms with Crippen molar-refractivity contribution in [2.45, 2.75) is 64.7 Å². The van der Waals surface area contributed by atoms with Crippen molar-refractivity contribution in [2.24, 2.45) is 0 Å². The lowest BCUT2D eigenvalue weighted by molar-refractivity contribution is 0.184. The zero-order valence-corrected chi connectivity index (χ0v) is 24.8. The maximum absolute atomic E-state index is 9.98. The summed E-state index contributed by atoms with van der Waals surface area (Å²) in [6, 6.07) is 10.2. The smallest absolute Gasteiger partial charge is 0.228 e. The molecule has 0 saturated heterocycles. The van der Waals surface area contributed by atoms with Crippen LogP contribution >= 0.6 is 0 Å². The largest absolute Gasteiger partial charge is 0.416 e. The maximum Gasteiger partial charge on any atom is 0.228 e. The van der Waals surface area contributed by atoms with Crippen LogP contribution < -0.4 is 10.6 Å². The predicted molar refractivity (Wildman–Crippen MR) is 153 cm³/mol. The first-order valence-corrected chi connectivity index (χ1v) is 15.9. The Labute approximate surface area is 226 Å². The fourth-order valence-corrected chi connectivity index (χ4v) is 5.41. The van der Waals surface area contributed by atoms with Gasteiger partial charge in [-0.15, -0.1) is 0 Å². The first-order valence-electron chi connectivity index (χ1n) is 13.0. The monoisotopic (exact) mass is 533 g/mol. The molecule has 0 unspecified atom stereocenters. The molecule has 10 heteroatoms. The molecule has 0 saturated carbocycles. The molecular formula is C28H39N7O2Si. The lowest BCUT2D eigenvalue weighted by Crippen LogP contribution is -2.45. The van der Waals surface area contributed by atoms with Crippen LogP contribution in [-0.2, 0) is 21.1 Å². The molecule has 0 fully saturated rings. The van der Waals surface area contributed by atoms with Gasteiger partial charge in [-0.3, -0.25) is 0 Å². The van der Waals surface area contributed by atoms with Gasteiger partial charge in [0, 0.05) is 43.5 Å². The summed E-state index contributed by atoms with van der Waals surface area (Å²) in [5.74, 6) is 1.25. The summed E-state index contributed by atoms with van der Waals surface area (Å²) in [4.78, 5) is 9.21. The molecule has 9 nitrogen and oxygen atoms in total. The molecule has 1 aliphatic rings. The first-order chi connectivity index (χ1) is 17.9. The van der Waals surface area contributed by atoms with Crippen LogP contribution in [-0.4, -0.2) is 54.9 Å². The molecule has 0 bridgehead atoms. The number of nitriles is 1. The third-order valence-electron chi connectivity index (χ3n) is 7.72. The van der Waals surface area contributed by atoms with Crippen LogP contribution in [0.5, 0.6) is 0 Å². The average Bonchev–Trinajstić information content (AvgIpc) is 3.39. The molecule has 3 aromatic rings. The molecule has 1 atom stereocenters. The van der Waals surface area contributed by atoms with E-state index in [9.17, 15) is 5.26 Å². The summed E-state index contributed by atoms with van der Waals surface area (Å²) in [5, 5.41) is 21.4. The molecule has 2 aromatic heterocycles. The molecule has 0 aliphatic carbocycles. The number of nitrogens with zero attached hydrogens (tertiary/aromatic N) is 5. The zero-order valence-electron chi connectivity index (χ0n) is 23.8. The number of hydrogen-bond donors (Lipinski definition) is 2. The van der Waals surface area contributed by atoms with Crippen LogP contribution in [0, 0.1) is 18.3 Å². The fraction of sp³-hybridized carbons (Fsp3) is 0.500. The van der Waals surface area contributed by atoms with Gasteiger partial charge in [-0.2, -0.15) is 10.4 Å². The van der Waals surface area contributed by atoms with Gasteiger partial charge >= 0.3 is 0 Å². The normalized spacial score (nSPS) is 17.1. The minimum atomic E-state index is -1.93. The fourth-order valence-electron chi connectivity index (χ4n) is 4.30. The number of benzene rings is 1. The molecule has 1 aliphatic heterocycles. The van der Waals surface area contributed by atoms with Crippen molar-refractivity contribution >= 4 is 25.8 Å². The molecule has 4 rings (SSSR count). The van der Waals surface area contributed by atoms with Crippen molar-refractivity contribution in [1.82, 2.24) is 19.7 Å². The second-order valence-electron chi connectivity index (χ2n) is 11.8. The summed E-state index contributed by atoms with van der Waals surface area (Å²) in [5.41, 5.74) is 4.83. The van der Waals surface area contributed by atoms with E-state index >= 15 is 0 Å². The van der Waals surface area contributed by atoms with E-state index in [0.717, 1.165) is 40.6 Å². The van der Waals surface area contributed by atoms with E-state index in [1.165, 1.54) is 0 Å². The van der Waals surface area contributed by atoms with Gasteiger partial charge in [0.05, 0.1) is 35.8 Å². The Bertz CT molecular complexity index is 1360. The van der Waals surface area contributed by atoms with E-state index < -0.39 is 8.32 Å². The van der Waals surface area contributed by atoms with Crippen LogP contribution in [0.4, 0.5) is 17.5 Å². The predicted octanol–water partition coefficient (Wildman–Crippen LogP) is 5.62. The van der Waals surface area contributed by atoms with Crippen molar-refractivity contribution in [3.8, 4) is 17.3 Å². The molecular weight excluding hydrogens is 494 g/mol. The minimum Gasteiger partial charge on any atom is -0.416 e. The summed E-state index contributed by atoms with van der Waals surface area (Å²) < 4.78 is 13.7. The molecule has 0 spiro atoms. The number of fused-ring (bicyclic) bond motifs is 1. The number of rotatable bonds is 9. The second kappa shape index (κ2) is 10.5. The zero-order chi connectivity index (χ0) is 27.7. The third kappa shape index (κ3) is 5.60. The van der Waals surface area contributed by atoms with Crippen molar-refractivity contribution in [2.75, 3.05) is 37.5 Å². The molecule has 2 N–H and O–H groups in total. The van der Waals surface area contributed by atoms with E-state index in [-0.39, 0.29) is 10.5 Å². The molecule has 38 heavy (non-hydrogen) atoms. The van der Waals surface area contributed by atoms with E-state index in [4.69, 9.17) is 14.1 Å². The lowest BCUT2D eigenvalue weighted by Gasteiger charge is -2.39. The Kier molecular flexibility index (Phi) is 7.66. The quantitative estimate of drug-likeness (QED) is 0.341. The van der Waals surface area contributed by atoms with Gasteiger partial charge < -0.3 is 19.8 Å². The first kappa shape index (κ1) is 27.8. The molecule has 3 heterocycles. The number of aryl methyl sites for hydroxylation is 1. The Hall–Kier alpha value is -3.26. The highest BCUT2D eigenvalue weighted by Crippen LogP contribution is 2.44. The molecule has 0 radical (unpaired) electrons. The molecule has 202 valence electrons. The topological polar surface area (TPSA) is 110 Å². The van der Waals surface area contributed by atoms with E-state index in [1.54, 1.807) is 13.3 Å². The van der Waals surface area contributed by atoms with Gasteiger partial charge in [-0.1, -0.05) is 27.7 Å². The van der Waals surface area contributed by atoms with Crippen LogP contribution in [0.25, 0.3) is 11.3 Å². The number of hydrogen-bond acceptors (Lipinski definition) is 8. The Morgan fingerprint density at radius 3 is 2.71 bits per heavy atom. The van der Waals surface area contributed by atoms with Gasteiger partial charge in [0.25, 0.3) is 0 Å². The van der Waals surface area contributed by atoms with E-state index in [2.05, 4.69) is 73.6 Å². The van der Waals surface area contributed by atoms with Gasteiger partial charge in [0.1, 0.15) is 11.9 Å². The van der Waals surface area contributed by atoms with Gasteiger partial charge in [0.2, 0.25) is 5.95 Å². The van der Waals surface area contributed by atoms with E-state index in [1.807, 2.05) is 29.8 Å².